The fraction of sp³-hybridized carbons (Fsp3) is 0.611. The summed E-state index contributed by atoms with van der Waals surface area (Å²) in [5, 5.41) is 6.36. The predicted octanol–water partition coefficient (Wildman–Crippen LogP) is 2.68. The third-order valence-corrected chi connectivity index (χ3v) is 5.16. The van der Waals surface area contributed by atoms with Gasteiger partial charge in [-0.05, 0) is 76.3 Å². The second-order valence-corrected chi connectivity index (χ2v) is 6.57. The topological polar surface area (TPSA) is 44.4 Å². The number of hydrogen-bond acceptors (Lipinski definition) is 3. The summed E-state index contributed by atoms with van der Waals surface area (Å²) in [7, 11) is 2.02. The molecule has 2 aliphatic heterocycles. The molecule has 5 heteroatoms. The van der Waals surface area contributed by atoms with E-state index in [0.717, 1.165) is 44.1 Å². The van der Waals surface area contributed by atoms with Crippen molar-refractivity contribution in [1.29, 1.82) is 0 Å². The van der Waals surface area contributed by atoms with Gasteiger partial charge in [-0.3, -0.25) is 9.69 Å². The summed E-state index contributed by atoms with van der Waals surface area (Å²) in [6, 6.07) is 8.23. The minimum Gasteiger partial charge on any atom is -0.324 e. The van der Waals surface area contributed by atoms with E-state index >= 15 is 0 Å². The molecular weight excluding hydrogens is 310 g/mol. The van der Waals surface area contributed by atoms with Gasteiger partial charge in [-0.1, -0.05) is 18.2 Å². The summed E-state index contributed by atoms with van der Waals surface area (Å²) < 4.78 is 0. The van der Waals surface area contributed by atoms with Crippen LogP contribution in [0.3, 0.4) is 0 Å². The van der Waals surface area contributed by atoms with Crippen LogP contribution in [0.25, 0.3) is 0 Å². The Bertz CT molecular complexity index is 515. The molecule has 0 saturated carbocycles. The van der Waals surface area contributed by atoms with Gasteiger partial charge in [0.1, 0.15) is 0 Å². The maximum Gasteiger partial charge on any atom is 0.241 e. The summed E-state index contributed by atoms with van der Waals surface area (Å²) in [6.07, 6.45) is 5.62. The van der Waals surface area contributed by atoms with E-state index in [0.29, 0.717) is 0 Å². The molecule has 2 N–H and O–H groups in total. The Morgan fingerprint density at radius 1 is 1.22 bits per heavy atom. The Hall–Kier alpha value is -1.10. The molecule has 1 aromatic carbocycles. The molecule has 2 heterocycles. The number of anilines is 1. The minimum atomic E-state index is 0. The molecule has 1 atom stereocenters. The largest absolute Gasteiger partial charge is 0.324 e. The zero-order chi connectivity index (χ0) is 15.4. The van der Waals surface area contributed by atoms with Gasteiger partial charge in [-0.15, -0.1) is 12.4 Å². The number of halogens is 1. The van der Waals surface area contributed by atoms with Crippen LogP contribution >= 0.6 is 12.4 Å². The highest BCUT2D eigenvalue weighted by Gasteiger charge is 2.31. The van der Waals surface area contributed by atoms with Crippen molar-refractivity contribution < 1.29 is 4.79 Å². The molecule has 128 valence electrons. The highest BCUT2D eigenvalue weighted by atomic mass is 35.5. The number of benzene rings is 1. The van der Waals surface area contributed by atoms with Crippen molar-refractivity contribution in [3.8, 4) is 0 Å². The molecule has 1 saturated heterocycles. The maximum atomic E-state index is 12.6. The SMILES string of the molecule is CNCCC1CCN(C2CCc3ccccc3NC2=O)CC1.Cl. The Morgan fingerprint density at radius 2 is 1.96 bits per heavy atom. The van der Waals surface area contributed by atoms with Gasteiger partial charge >= 0.3 is 0 Å². The Balaban J connectivity index is 0.00000192. The zero-order valence-electron chi connectivity index (χ0n) is 13.9. The lowest BCUT2D eigenvalue weighted by Crippen LogP contribution is -2.47. The molecule has 0 spiro atoms. The molecule has 1 fully saturated rings. The quantitative estimate of drug-likeness (QED) is 0.888. The van der Waals surface area contributed by atoms with Crippen molar-refractivity contribution in [2.75, 3.05) is 32.0 Å². The fourth-order valence-corrected chi connectivity index (χ4v) is 3.75. The van der Waals surface area contributed by atoms with Gasteiger partial charge in [0.05, 0.1) is 6.04 Å². The number of para-hydroxylation sites is 1. The monoisotopic (exact) mass is 337 g/mol. The van der Waals surface area contributed by atoms with Crippen LogP contribution in [0.1, 0.15) is 31.2 Å². The highest BCUT2D eigenvalue weighted by molar-refractivity contribution is 5.96. The number of piperidine rings is 1. The molecule has 0 aromatic heterocycles. The van der Waals surface area contributed by atoms with Crippen molar-refractivity contribution in [3.63, 3.8) is 0 Å². The zero-order valence-corrected chi connectivity index (χ0v) is 14.7. The summed E-state index contributed by atoms with van der Waals surface area (Å²) >= 11 is 0. The van der Waals surface area contributed by atoms with Gasteiger partial charge in [0, 0.05) is 5.69 Å². The number of amides is 1. The predicted molar refractivity (Wildman–Crippen MR) is 97.3 cm³/mol. The molecule has 1 unspecified atom stereocenters. The number of carbonyl (C=O) groups excluding carboxylic acids is 1. The molecule has 23 heavy (non-hydrogen) atoms. The van der Waals surface area contributed by atoms with Crippen LogP contribution in [-0.2, 0) is 11.2 Å². The molecule has 0 radical (unpaired) electrons. The average molecular weight is 338 g/mol. The second kappa shape index (κ2) is 8.67. The molecule has 1 aromatic rings. The van der Waals surface area contributed by atoms with E-state index in [2.05, 4.69) is 27.7 Å². The molecule has 2 aliphatic rings. The molecule has 4 nitrogen and oxygen atoms in total. The molecule has 0 aliphatic carbocycles. The van der Waals surface area contributed by atoms with E-state index in [9.17, 15) is 4.79 Å². The van der Waals surface area contributed by atoms with Gasteiger partial charge < -0.3 is 10.6 Å². The first kappa shape index (κ1) is 18.2. The van der Waals surface area contributed by atoms with Gasteiger partial charge in [0.15, 0.2) is 0 Å². The van der Waals surface area contributed by atoms with Crippen molar-refractivity contribution in [3.05, 3.63) is 29.8 Å². The van der Waals surface area contributed by atoms with E-state index in [4.69, 9.17) is 0 Å². The van der Waals surface area contributed by atoms with E-state index in [1.807, 2.05) is 19.2 Å². The van der Waals surface area contributed by atoms with E-state index in [1.165, 1.54) is 24.8 Å². The van der Waals surface area contributed by atoms with E-state index in [-0.39, 0.29) is 24.4 Å². The van der Waals surface area contributed by atoms with Crippen LogP contribution < -0.4 is 10.6 Å². The first-order valence-electron chi connectivity index (χ1n) is 8.55. The number of rotatable bonds is 4. The number of hydrogen-bond donors (Lipinski definition) is 2. The van der Waals surface area contributed by atoms with Gasteiger partial charge in [0.2, 0.25) is 5.91 Å². The summed E-state index contributed by atoms with van der Waals surface area (Å²) in [4.78, 5) is 15.0. The van der Waals surface area contributed by atoms with Gasteiger partial charge in [0.25, 0.3) is 0 Å². The van der Waals surface area contributed by atoms with Crippen LogP contribution in [0.2, 0.25) is 0 Å². The maximum absolute atomic E-state index is 12.6. The Morgan fingerprint density at radius 3 is 2.70 bits per heavy atom. The molecule has 0 bridgehead atoms. The first-order valence-corrected chi connectivity index (χ1v) is 8.55. The summed E-state index contributed by atoms with van der Waals surface area (Å²) in [6.45, 7) is 3.22. The van der Waals surface area contributed by atoms with E-state index in [1.54, 1.807) is 0 Å². The fourth-order valence-electron chi connectivity index (χ4n) is 3.75. The molecular formula is C18H28ClN3O. The minimum absolute atomic E-state index is 0. The number of carbonyl (C=O) groups is 1. The summed E-state index contributed by atoms with van der Waals surface area (Å²) in [5.41, 5.74) is 2.26. The molecule has 1 amide bonds. The second-order valence-electron chi connectivity index (χ2n) is 6.57. The third kappa shape index (κ3) is 4.46. The van der Waals surface area contributed by atoms with Crippen LogP contribution in [0.5, 0.6) is 0 Å². The highest BCUT2D eigenvalue weighted by Crippen LogP contribution is 2.27. The number of aryl methyl sites for hydroxylation is 1. The smallest absolute Gasteiger partial charge is 0.241 e. The van der Waals surface area contributed by atoms with Crippen LogP contribution in [0.4, 0.5) is 5.69 Å². The standard InChI is InChI=1S/C18H27N3O.ClH/c1-19-11-8-14-9-12-21(13-10-14)17-7-6-15-4-2-3-5-16(15)20-18(17)22;/h2-5,14,17,19H,6-13H2,1H3,(H,20,22);1H. The first-order chi connectivity index (χ1) is 10.8. The van der Waals surface area contributed by atoms with Crippen molar-refractivity contribution >= 4 is 24.0 Å². The van der Waals surface area contributed by atoms with Gasteiger partial charge in [-0.2, -0.15) is 0 Å². The van der Waals surface area contributed by atoms with Crippen LogP contribution in [0.15, 0.2) is 24.3 Å². The van der Waals surface area contributed by atoms with Crippen LogP contribution in [0, 0.1) is 5.92 Å². The Kier molecular flexibility index (Phi) is 6.88. The van der Waals surface area contributed by atoms with Crippen molar-refractivity contribution in [1.82, 2.24) is 10.2 Å². The normalized spacial score (nSPS) is 22.7. The number of nitrogens with one attached hydrogen (secondary N) is 2. The van der Waals surface area contributed by atoms with Crippen LogP contribution in [-0.4, -0.2) is 43.5 Å². The average Bonchev–Trinajstić information content (AvgIpc) is 2.72. The lowest BCUT2D eigenvalue weighted by molar-refractivity contribution is -0.122. The number of likely N-dealkylation sites (tertiary alicyclic amines) is 1. The Labute approximate surface area is 145 Å². The molecule has 3 rings (SSSR count). The lowest BCUT2D eigenvalue weighted by Gasteiger charge is -2.36. The lowest BCUT2D eigenvalue weighted by atomic mass is 9.92. The van der Waals surface area contributed by atoms with E-state index < -0.39 is 0 Å². The number of fused-ring (bicyclic) bond motifs is 1. The van der Waals surface area contributed by atoms with Gasteiger partial charge in [-0.25, -0.2) is 0 Å². The van der Waals surface area contributed by atoms with Crippen molar-refractivity contribution in [2.24, 2.45) is 5.92 Å². The summed E-state index contributed by atoms with van der Waals surface area (Å²) in [5.74, 6) is 0.994. The third-order valence-electron chi connectivity index (χ3n) is 5.16. The van der Waals surface area contributed by atoms with Crippen molar-refractivity contribution in [2.45, 2.75) is 38.1 Å². The number of nitrogens with zero attached hydrogens (tertiary/aromatic N) is 1.